The molecule has 1 aromatic heterocycles. The molecule has 188 valence electrons. The lowest BCUT2D eigenvalue weighted by Gasteiger charge is -2.41. The molecule has 1 aliphatic heterocycles. The van der Waals surface area contributed by atoms with Crippen LogP contribution in [0.5, 0.6) is 0 Å². The number of H-pyrrole nitrogens is 1. The Morgan fingerprint density at radius 2 is 1.69 bits per heavy atom. The van der Waals surface area contributed by atoms with E-state index in [9.17, 15) is 26.3 Å². The fraction of sp³-hybridized carbons (Fsp3) is 0.364. The monoisotopic (exact) mass is 501 g/mol. The molecule has 0 amide bonds. The van der Waals surface area contributed by atoms with E-state index in [1.54, 1.807) is 35.2 Å². The van der Waals surface area contributed by atoms with Gasteiger partial charge in [0.25, 0.3) is 0 Å². The fourth-order valence-electron chi connectivity index (χ4n) is 3.86. The van der Waals surface area contributed by atoms with Crippen molar-refractivity contribution >= 4 is 11.9 Å². The van der Waals surface area contributed by atoms with Gasteiger partial charge >= 0.3 is 12.4 Å². The Labute approximate surface area is 195 Å². The number of hydrogen-bond acceptors (Lipinski definition) is 6. The van der Waals surface area contributed by atoms with Gasteiger partial charge in [-0.1, -0.05) is 30.3 Å². The van der Waals surface area contributed by atoms with Crippen LogP contribution in [0.3, 0.4) is 0 Å². The van der Waals surface area contributed by atoms with E-state index in [1.807, 2.05) is 0 Å². The first kappa shape index (κ1) is 24.8. The number of ether oxygens (including phenoxy) is 2. The minimum atomic E-state index is -4.97. The lowest BCUT2D eigenvalue weighted by molar-refractivity contribution is -0.192. The maximum Gasteiger partial charge on any atom is 0.416 e. The van der Waals surface area contributed by atoms with E-state index in [0.29, 0.717) is 24.2 Å². The second kappa shape index (κ2) is 9.38. The van der Waals surface area contributed by atoms with E-state index in [4.69, 9.17) is 15.2 Å². The largest absolute Gasteiger partial charge is 0.416 e. The number of anilines is 2. The molecule has 1 fully saturated rings. The molecule has 1 saturated heterocycles. The zero-order valence-electron chi connectivity index (χ0n) is 18.3. The number of rotatable bonds is 5. The molecule has 0 aliphatic carbocycles. The summed E-state index contributed by atoms with van der Waals surface area (Å²) in [5, 5.41) is 6.61. The molecular weight excluding hydrogens is 480 g/mol. The van der Waals surface area contributed by atoms with Crippen molar-refractivity contribution in [1.82, 2.24) is 15.2 Å². The molecule has 0 spiro atoms. The summed E-state index contributed by atoms with van der Waals surface area (Å²) < 4.78 is 91.6. The number of nitrogens with two attached hydrogens (primary N) is 1. The molecule has 0 radical (unpaired) electrons. The lowest BCUT2D eigenvalue weighted by atomic mass is 10.0. The first-order valence-corrected chi connectivity index (χ1v) is 10.5. The van der Waals surface area contributed by atoms with Crippen molar-refractivity contribution in [1.29, 1.82) is 0 Å². The maximum atomic E-state index is 13.3. The smallest absolute Gasteiger partial charge is 0.368 e. The molecule has 13 heteroatoms. The number of aromatic nitrogens is 3. The van der Waals surface area contributed by atoms with E-state index in [1.165, 1.54) is 6.92 Å². The molecule has 2 aromatic carbocycles. The third-order valence-electron chi connectivity index (χ3n) is 5.51. The minimum absolute atomic E-state index is 0.0767. The number of benzene rings is 2. The van der Waals surface area contributed by atoms with Crippen LogP contribution in [0.15, 0.2) is 48.5 Å². The molecule has 2 heterocycles. The number of morpholine rings is 1. The lowest BCUT2D eigenvalue weighted by Crippen LogP contribution is -2.47. The van der Waals surface area contributed by atoms with Crippen molar-refractivity contribution in [3.8, 4) is 0 Å². The van der Waals surface area contributed by atoms with E-state index < -0.39 is 41.9 Å². The third kappa shape index (κ3) is 5.51. The van der Waals surface area contributed by atoms with Gasteiger partial charge in [-0.15, -0.1) is 5.10 Å². The maximum absolute atomic E-state index is 13.3. The Morgan fingerprint density at radius 1 is 1.06 bits per heavy atom. The van der Waals surface area contributed by atoms with Crippen molar-refractivity contribution < 1.29 is 35.8 Å². The van der Waals surface area contributed by atoms with Gasteiger partial charge in [0, 0.05) is 6.54 Å². The third-order valence-corrected chi connectivity index (χ3v) is 5.51. The molecule has 3 atom stereocenters. The van der Waals surface area contributed by atoms with Crippen molar-refractivity contribution in [2.45, 2.75) is 37.7 Å². The Balaban J connectivity index is 1.68. The van der Waals surface area contributed by atoms with Crippen molar-refractivity contribution in [2.75, 3.05) is 23.8 Å². The van der Waals surface area contributed by atoms with Gasteiger partial charge in [-0.05, 0) is 36.2 Å². The van der Waals surface area contributed by atoms with Gasteiger partial charge in [0.05, 0.1) is 23.8 Å². The van der Waals surface area contributed by atoms with Gasteiger partial charge in [-0.3, -0.25) is 0 Å². The first-order valence-electron chi connectivity index (χ1n) is 10.5. The molecule has 0 unspecified atom stereocenters. The number of hydrogen-bond donors (Lipinski definition) is 2. The molecule has 0 saturated carbocycles. The van der Waals surface area contributed by atoms with Gasteiger partial charge in [-0.2, -0.15) is 31.3 Å². The van der Waals surface area contributed by atoms with Gasteiger partial charge in [0.2, 0.25) is 11.9 Å². The Morgan fingerprint density at radius 3 is 2.23 bits per heavy atom. The highest BCUT2D eigenvalue weighted by Crippen LogP contribution is 2.40. The van der Waals surface area contributed by atoms with Crippen molar-refractivity contribution in [3.63, 3.8) is 0 Å². The molecule has 0 bridgehead atoms. The van der Waals surface area contributed by atoms with Gasteiger partial charge < -0.3 is 20.1 Å². The molecule has 1 aliphatic rings. The SMILES string of the molecule is C[C@@H](O[C@H]1OCCN(c2n[nH]c(N)n2)[C@H]1c1ccccc1)c1cc(C(F)(F)F)cc(C(F)(F)F)c1. The summed E-state index contributed by atoms with van der Waals surface area (Å²) in [6.07, 6.45) is -12.2. The Bertz CT molecular complexity index is 1120. The van der Waals surface area contributed by atoms with Crippen LogP contribution < -0.4 is 10.6 Å². The van der Waals surface area contributed by atoms with Gasteiger partial charge in [0.1, 0.15) is 6.04 Å². The Hall–Kier alpha value is -3.32. The predicted molar refractivity (Wildman–Crippen MR) is 113 cm³/mol. The van der Waals surface area contributed by atoms with Crippen LogP contribution in [0.4, 0.5) is 38.2 Å². The molecule has 35 heavy (non-hydrogen) atoms. The predicted octanol–water partition coefficient (Wildman–Crippen LogP) is 5.11. The second-order valence-electron chi connectivity index (χ2n) is 7.93. The summed E-state index contributed by atoms with van der Waals surface area (Å²) in [6, 6.07) is 9.63. The first-order chi connectivity index (χ1) is 16.4. The average Bonchev–Trinajstić information content (AvgIpc) is 3.24. The van der Waals surface area contributed by atoms with Crippen LogP contribution in [0, 0.1) is 0 Å². The molecule has 7 nitrogen and oxygen atoms in total. The minimum Gasteiger partial charge on any atom is -0.368 e. The number of nitrogen functional groups attached to an aromatic ring is 1. The summed E-state index contributed by atoms with van der Waals surface area (Å²) in [5.74, 6) is 0.326. The molecule has 3 aromatic rings. The normalized spacial score (nSPS) is 20.1. The van der Waals surface area contributed by atoms with Crippen LogP contribution in [-0.2, 0) is 21.8 Å². The van der Waals surface area contributed by atoms with Crippen LogP contribution in [0.2, 0.25) is 0 Å². The van der Waals surface area contributed by atoms with Gasteiger partial charge in [0.15, 0.2) is 6.29 Å². The highest BCUT2D eigenvalue weighted by atomic mass is 19.4. The molecular formula is C22H21F6N5O2. The van der Waals surface area contributed by atoms with Gasteiger partial charge in [-0.25, -0.2) is 5.10 Å². The summed E-state index contributed by atoms with van der Waals surface area (Å²) >= 11 is 0. The van der Waals surface area contributed by atoms with Crippen LogP contribution in [0.1, 0.15) is 41.3 Å². The van der Waals surface area contributed by atoms with Crippen molar-refractivity contribution in [2.24, 2.45) is 0 Å². The zero-order valence-corrected chi connectivity index (χ0v) is 18.3. The second-order valence-corrected chi connectivity index (χ2v) is 7.93. The van der Waals surface area contributed by atoms with Crippen LogP contribution in [-0.4, -0.2) is 34.6 Å². The van der Waals surface area contributed by atoms with E-state index in [-0.39, 0.29) is 30.1 Å². The molecule has 3 N–H and O–H groups in total. The van der Waals surface area contributed by atoms with E-state index >= 15 is 0 Å². The van der Waals surface area contributed by atoms with E-state index in [2.05, 4.69) is 15.2 Å². The summed E-state index contributed by atoms with van der Waals surface area (Å²) in [6.45, 7) is 1.85. The summed E-state index contributed by atoms with van der Waals surface area (Å²) in [5.41, 5.74) is 3.25. The number of nitrogens with zero attached hydrogens (tertiary/aromatic N) is 3. The standard InChI is InChI=1S/C22H21F6N5O2/c1-12(14-9-15(21(23,24)25)11-16(10-14)22(26,27)28)35-18-17(13-5-3-2-4-6-13)33(7-8-34-18)20-30-19(29)31-32-20/h2-6,9-12,17-18H,7-8H2,1H3,(H3,29,30,31,32)/t12-,17+,18-/m1/s1. The van der Waals surface area contributed by atoms with Crippen molar-refractivity contribution in [3.05, 3.63) is 70.8 Å². The van der Waals surface area contributed by atoms with Crippen LogP contribution >= 0.6 is 0 Å². The van der Waals surface area contributed by atoms with E-state index in [0.717, 1.165) is 0 Å². The highest BCUT2D eigenvalue weighted by molar-refractivity contribution is 5.40. The number of nitrogens with one attached hydrogen (secondary N) is 1. The zero-order chi connectivity index (χ0) is 25.4. The topological polar surface area (TPSA) is 89.3 Å². The number of halogens is 6. The fourth-order valence-corrected chi connectivity index (χ4v) is 3.86. The highest BCUT2D eigenvalue weighted by Gasteiger charge is 2.40. The summed E-state index contributed by atoms with van der Waals surface area (Å²) in [4.78, 5) is 5.88. The average molecular weight is 501 g/mol. The Kier molecular flexibility index (Phi) is 6.64. The molecule has 4 rings (SSSR count). The number of aromatic amines is 1. The van der Waals surface area contributed by atoms with Crippen LogP contribution in [0.25, 0.3) is 0 Å². The number of alkyl halides is 6. The quantitative estimate of drug-likeness (QED) is 0.473. The summed E-state index contributed by atoms with van der Waals surface area (Å²) in [7, 11) is 0.